The monoisotopic (exact) mass is 318 g/mol. The first-order valence-corrected chi connectivity index (χ1v) is 8.12. The minimum absolute atomic E-state index is 0.278. The number of hydrogen-bond acceptors (Lipinski definition) is 4. The molecule has 0 radical (unpaired) electrons. The highest BCUT2D eigenvalue weighted by atomic mass is 32.1. The maximum absolute atomic E-state index is 10.8. The molecule has 2 aromatic carbocycles. The summed E-state index contributed by atoms with van der Waals surface area (Å²) < 4.78 is 10.7. The van der Waals surface area contributed by atoms with Crippen LogP contribution in [0.2, 0.25) is 0 Å². The van der Waals surface area contributed by atoms with Crippen molar-refractivity contribution in [2.75, 3.05) is 6.26 Å². The van der Waals surface area contributed by atoms with Crippen LogP contribution >= 0.6 is 12.6 Å². The molecule has 0 saturated carbocycles. The molecule has 0 atom stereocenters. The number of hydrogen-bond donors (Lipinski definition) is 1. The average molecular weight is 318 g/mol. The Hall–Kier alpha value is -1.94. The second kappa shape index (κ2) is 9.15. The summed E-state index contributed by atoms with van der Waals surface area (Å²) in [6, 6.07) is 13.8. The minimum Gasteiger partial charge on any atom is -0.461 e. The fourth-order valence-corrected chi connectivity index (χ4v) is 2.05. The first-order chi connectivity index (χ1) is 10.7. The molecule has 3 nitrogen and oxygen atoms in total. The standard InChI is InChI=1S/C15H12O3.C2H6.CH4S/c1-10(16)17-9-11-6-7-13-12-4-2-3-5-14(12)18-15(13)8-11;2*1-2/h2-8H,9H2,1H3;1-2H3;2H,1H3. The molecule has 0 spiro atoms. The van der Waals surface area contributed by atoms with E-state index in [1.54, 1.807) is 6.26 Å². The maximum atomic E-state index is 10.8. The molecular formula is C18H22O3S. The number of carbonyl (C=O) groups excluding carboxylic acids is 1. The highest BCUT2D eigenvalue weighted by Crippen LogP contribution is 2.29. The van der Waals surface area contributed by atoms with E-state index in [1.165, 1.54) is 6.92 Å². The zero-order chi connectivity index (χ0) is 16.5. The van der Waals surface area contributed by atoms with Gasteiger partial charge in [-0.1, -0.05) is 44.2 Å². The molecule has 0 aliphatic heterocycles. The fraction of sp³-hybridized carbons (Fsp3) is 0.278. The van der Waals surface area contributed by atoms with Crippen LogP contribution in [-0.4, -0.2) is 12.2 Å². The molecule has 0 amide bonds. The summed E-state index contributed by atoms with van der Waals surface area (Å²) >= 11 is 3.53. The van der Waals surface area contributed by atoms with E-state index in [0.717, 1.165) is 27.5 Å². The van der Waals surface area contributed by atoms with Crippen molar-refractivity contribution in [3.05, 3.63) is 48.0 Å². The molecule has 22 heavy (non-hydrogen) atoms. The van der Waals surface area contributed by atoms with Gasteiger partial charge in [-0.05, 0) is 24.0 Å². The number of rotatable bonds is 2. The molecule has 0 aliphatic rings. The van der Waals surface area contributed by atoms with E-state index in [0.29, 0.717) is 0 Å². The van der Waals surface area contributed by atoms with Crippen LogP contribution in [0.1, 0.15) is 26.3 Å². The van der Waals surface area contributed by atoms with E-state index in [2.05, 4.69) is 12.6 Å². The first kappa shape index (κ1) is 18.1. The maximum Gasteiger partial charge on any atom is 0.302 e. The minimum atomic E-state index is -0.278. The van der Waals surface area contributed by atoms with Crippen LogP contribution in [0.5, 0.6) is 0 Å². The molecule has 1 heterocycles. The van der Waals surface area contributed by atoms with E-state index in [9.17, 15) is 4.79 Å². The van der Waals surface area contributed by atoms with Crippen molar-refractivity contribution < 1.29 is 13.9 Å². The lowest BCUT2D eigenvalue weighted by molar-refractivity contribution is -0.142. The topological polar surface area (TPSA) is 39.4 Å². The number of carbonyl (C=O) groups is 1. The van der Waals surface area contributed by atoms with Crippen LogP contribution in [0.15, 0.2) is 46.9 Å². The van der Waals surface area contributed by atoms with E-state index in [-0.39, 0.29) is 12.6 Å². The number of esters is 1. The molecule has 0 saturated heterocycles. The Morgan fingerprint density at radius 1 is 1.05 bits per heavy atom. The van der Waals surface area contributed by atoms with Crippen molar-refractivity contribution in [1.82, 2.24) is 0 Å². The number of thiol groups is 1. The summed E-state index contributed by atoms with van der Waals surface area (Å²) in [5.41, 5.74) is 2.62. The summed E-state index contributed by atoms with van der Waals surface area (Å²) in [5.74, 6) is -0.278. The lowest BCUT2D eigenvalue weighted by atomic mass is 10.1. The van der Waals surface area contributed by atoms with Crippen molar-refractivity contribution in [3.8, 4) is 0 Å². The quantitative estimate of drug-likeness (QED) is 0.520. The van der Waals surface area contributed by atoms with Gasteiger partial charge < -0.3 is 9.15 Å². The van der Waals surface area contributed by atoms with E-state index >= 15 is 0 Å². The van der Waals surface area contributed by atoms with Crippen LogP contribution in [0.3, 0.4) is 0 Å². The predicted octanol–water partition coefficient (Wildman–Crippen LogP) is 5.22. The zero-order valence-electron chi connectivity index (χ0n) is 13.4. The molecule has 0 unspecified atom stereocenters. The van der Waals surface area contributed by atoms with Gasteiger partial charge in [-0.15, -0.1) is 0 Å². The van der Waals surface area contributed by atoms with Crippen LogP contribution in [0.25, 0.3) is 21.9 Å². The Bertz CT molecular complexity index is 731. The SMILES string of the molecule is CC.CC(=O)OCc1ccc2c(c1)oc1ccccc12.CS. The normalized spacial score (nSPS) is 9.50. The molecule has 118 valence electrons. The lowest BCUT2D eigenvalue weighted by Gasteiger charge is -2.01. The van der Waals surface area contributed by atoms with Crippen LogP contribution < -0.4 is 0 Å². The summed E-state index contributed by atoms with van der Waals surface area (Å²) in [5, 5.41) is 2.18. The molecule has 3 aromatic rings. The lowest BCUT2D eigenvalue weighted by Crippen LogP contribution is -1.98. The number of fused-ring (bicyclic) bond motifs is 3. The summed E-state index contributed by atoms with van der Waals surface area (Å²) in [7, 11) is 0. The van der Waals surface area contributed by atoms with Gasteiger partial charge in [0.05, 0.1) is 0 Å². The Labute approximate surface area is 136 Å². The highest BCUT2D eigenvalue weighted by Gasteiger charge is 2.07. The molecular weight excluding hydrogens is 296 g/mol. The molecule has 3 rings (SSSR count). The third kappa shape index (κ3) is 4.28. The van der Waals surface area contributed by atoms with Gasteiger partial charge >= 0.3 is 5.97 Å². The average Bonchev–Trinajstić information content (AvgIpc) is 2.94. The van der Waals surface area contributed by atoms with Gasteiger partial charge in [-0.2, -0.15) is 12.6 Å². The Balaban J connectivity index is 0.000000561. The van der Waals surface area contributed by atoms with Gasteiger partial charge in [0.15, 0.2) is 0 Å². The molecule has 1 aromatic heterocycles. The molecule has 0 aliphatic carbocycles. The number of furan rings is 1. The first-order valence-electron chi connectivity index (χ1n) is 7.22. The third-order valence-corrected chi connectivity index (χ3v) is 2.89. The summed E-state index contributed by atoms with van der Waals surface area (Å²) in [6.07, 6.45) is 1.69. The second-order valence-corrected chi connectivity index (χ2v) is 4.21. The summed E-state index contributed by atoms with van der Waals surface area (Å²) in [6.45, 7) is 5.68. The van der Waals surface area contributed by atoms with Gasteiger partial charge in [0.2, 0.25) is 0 Å². The smallest absolute Gasteiger partial charge is 0.302 e. The van der Waals surface area contributed by atoms with E-state index in [4.69, 9.17) is 9.15 Å². The van der Waals surface area contributed by atoms with E-state index in [1.807, 2.05) is 56.3 Å². The summed E-state index contributed by atoms with van der Waals surface area (Å²) in [4.78, 5) is 10.8. The molecule has 0 N–H and O–H groups in total. The predicted molar refractivity (Wildman–Crippen MR) is 95.4 cm³/mol. The molecule has 0 fully saturated rings. The zero-order valence-corrected chi connectivity index (χ0v) is 14.3. The third-order valence-electron chi connectivity index (χ3n) is 2.89. The van der Waals surface area contributed by atoms with E-state index < -0.39 is 0 Å². The number of ether oxygens (including phenoxy) is 1. The molecule has 0 bridgehead atoms. The van der Waals surface area contributed by atoms with Crippen molar-refractivity contribution in [2.24, 2.45) is 0 Å². The van der Waals surface area contributed by atoms with Crippen LogP contribution in [0.4, 0.5) is 0 Å². The van der Waals surface area contributed by atoms with Crippen molar-refractivity contribution >= 4 is 40.5 Å². The molecule has 4 heteroatoms. The van der Waals surface area contributed by atoms with Crippen molar-refractivity contribution in [2.45, 2.75) is 27.4 Å². The van der Waals surface area contributed by atoms with Gasteiger partial charge in [0.25, 0.3) is 0 Å². The van der Waals surface area contributed by atoms with Crippen molar-refractivity contribution in [1.29, 1.82) is 0 Å². The second-order valence-electron chi connectivity index (χ2n) is 4.21. The Morgan fingerprint density at radius 3 is 2.36 bits per heavy atom. The van der Waals surface area contributed by atoms with Gasteiger partial charge in [-0.3, -0.25) is 4.79 Å². The number of benzene rings is 2. The van der Waals surface area contributed by atoms with Crippen LogP contribution in [0, 0.1) is 0 Å². The van der Waals surface area contributed by atoms with Gasteiger partial charge in [-0.25, -0.2) is 0 Å². The Kier molecular flexibility index (Phi) is 7.54. The van der Waals surface area contributed by atoms with Gasteiger partial charge in [0, 0.05) is 17.7 Å². The number of para-hydroxylation sites is 1. The van der Waals surface area contributed by atoms with Crippen molar-refractivity contribution in [3.63, 3.8) is 0 Å². The Morgan fingerprint density at radius 2 is 1.68 bits per heavy atom. The largest absolute Gasteiger partial charge is 0.461 e. The van der Waals surface area contributed by atoms with Gasteiger partial charge in [0.1, 0.15) is 17.8 Å². The highest BCUT2D eigenvalue weighted by molar-refractivity contribution is 7.79. The fourth-order valence-electron chi connectivity index (χ4n) is 2.05. The van der Waals surface area contributed by atoms with Crippen LogP contribution in [-0.2, 0) is 16.1 Å².